The number of carboxylic acid groups (broad SMARTS) is 1. The average Bonchev–Trinajstić information content (AvgIpc) is 2.57. The van der Waals surface area contributed by atoms with E-state index < -0.39 is 5.97 Å². The van der Waals surface area contributed by atoms with E-state index in [1.807, 2.05) is 13.8 Å². The third-order valence-electron chi connectivity index (χ3n) is 2.81. The first-order valence-corrected chi connectivity index (χ1v) is 6.98. The van der Waals surface area contributed by atoms with Gasteiger partial charge in [-0.3, -0.25) is 0 Å². The van der Waals surface area contributed by atoms with Gasteiger partial charge in [0.05, 0.1) is 13.1 Å². The molecular weight excluding hydrogens is 275 g/mol. The number of aromatic nitrogens is 2. The smallest absolute Gasteiger partial charge is 0.307 e. The van der Waals surface area contributed by atoms with Crippen molar-refractivity contribution in [3.05, 3.63) is 16.1 Å². The van der Waals surface area contributed by atoms with E-state index in [1.165, 1.54) is 9.13 Å². The maximum Gasteiger partial charge on any atom is 0.307 e. The molecule has 18 heavy (non-hydrogen) atoms. The summed E-state index contributed by atoms with van der Waals surface area (Å²) in [6, 6.07) is 0. The van der Waals surface area contributed by atoms with Gasteiger partial charge in [0.15, 0.2) is 5.97 Å². The zero-order chi connectivity index (χ0) is 13.7. The Hall–Kier alpha value is -0.740. The van der Waals surface area contributed by atoms with Crippen molar-refractivity contribution < 1.29 is 14.5 Å². The van der Waals surface area contributed by atoms with Crippen LogP contribution in [0.4, 0.5) is 0 Å². The molecule has 4 nitrogen and oxygen atoms in total. The summed E-state index contributed by atoms with van der Waals surface area (Å²) in [7, 11) is 0. The maximum atomic E-state index is 11.3. The van der Waals surface area contributed by atoms with Crippen molar-refractivity contribution in [2.75, 3.05) is 0 Å². The van der Waals surface area contributed by atoms with Crippen molar-refractivity contribution in [2.45, 2.75) is 52.6 Å². The molecule has 0 N–H and O–H groups in total. The fourth-order valence-electron chi connectivity index (χ4n) is 1.82. The van der Waals surface area contributed by atoms with Gasteiger partial charge in [-0.05, 0) is 36.0 Å². The van der Waals surface area contributed by atoms with Crippen LogP contribution in [0.15, 0.2) is 0 Å². The minimum Gasteiger partial charge on any atom is -0.538 e. The number of aromatic carboxylic acids is 1. The molecule has 0 fully saturated rings. The molecule has 0 aromatic carbocycles. The van der Waals surface area contributed by atoms with Crippen LogP contribution in [-0.4, -0.2) is 10.5 Å². The molecule has 0 saturated carbocycles. The van der Waals surface area contributed by atoms with Gasteiger partial charge in [-0.25, -0.2) is 9.13 Å². The molecule has 0 amide bonds. The zero-order valence-corrected chi connectivity index (χ0v) is 12.2. The number of carbonyl (C=O) groups is 1. The molecule has 0 unspecified atom stereocenters. The lowest BCUT2D eigenvalue weighted by Gasteiger charge is -2.05. The number of hydrogen-bond acceptors (Lipinski definition) is 2. The summed E-state index contributed by atoms with van der Waals surface area (Å²) in [5.74, 6) is -1.18. The fraction of sp³-hybridized carbons (Fsp3) is 0.667. The van der Waals surface area contributed by atoms with E-state index in [4.69, 9.17) is 23.2 Å². The molecular formula is C12H18Cl2N2O2. The van der Waals surface area contributed by atoms with E-state index in [0.29, 0.717) is 13.1 Å². The Balaban J connectivity index is 3.19. The standard InChI is InChI=1S/C12H18Cl2N2O2/c1-3-5-7-15-9(13)10(14)16(8-6-4-2)11(15)12(17)18/h3-8H2,1-2H3. The first-order valence-electron chi connectivity index (χ1n) is 6.23. The fourth-order valence-corrected chi connectivity index (χ4v) is 2.35. The molecule has 0 aliphatic rings. The van der Waals surface area contributed by atoms with Crippen LogP contribution in [-0.2, 0) is 13.1 Å². The largest absolute Gasteiger partial charge is 0.538 e. The van der Waals surface area contributed by atoms with Gasteiger partial charge in [-0.15, -0.1) is 0 Å². The molecule has 1 rings (SSSR count). The Bertz CT molecular complexity index is 399. The normalized spacial score (nSPS) is 10.9. The molecule has 0 aliphatic carbocycles. The lowest BCUT2D eigenvalue weighted by molar-refractivity contribution is -0.698. The highest BCUT2D eigenvalue weighted by Crippen LogP contribution is 2.22. The van der Waals surface area contributed by atoms with Crippen LogP contribution in [0.1, 0.15) is 50.1 Å². The highest BCUT2D eigenvalue weighted by atomic mass is 35.5. The number of carbonyl (C=O) groups excluding carboxylic acids is 1. The summed E-state index contributed by atoms with van der Waals surface area (Å²) in [6.07, 6.45) is 3.60. The summed E-state index contributed by atoms with van der Waals surface area (Å²) in [6.45, 7) is 5.14. The first kappa shape index (κ1) is 15.3. The Kier molecular flexibility index (Phi) is 5.96. The lowest BCUT2D eigenvalue weighted by atomic mass is 10.3. The lowest BCUT2D eigenvalue weighted by Crippen LogP contribution is -2.45. The minimum atomic E-state index is -1.24. The van der Waals surface area contributed by atoms with Gasteiger partial charge in [0.1, 0.15) is 0 Å². The first-order chi connectivity index (χ1) is 8.54. The monoisotopic (exact) mass is 292 g/mol. The molecule has 1 heterocycles. The summed E-state index contributed by atoms with van der Waals surface area (Å²) in [5.41, 5.74) is 0. The molecule has 102 valence electrons. The van der Waals surface area contributed by atoms with Crippen molar-refractivity contribution >= 4 is 29.2 Å². The van der Waals surface area contributed by atoms with Crippen molar-refractivity contribution in [3.8, 4) is 0 Å². The summed E-state index contributed by atoms with van der Waals surface area (Å²) in [5, 5.41) is 11.8. The third kappa shape index (κ3) is 3.18. The number of halogens is 2. The SMILES string of the molecule is CCCCn1c(Cl)c(Cl)[n+](CCCC)c1C(=O)[O-]. The van der Waals surface area contributed by atoms with Crippen LogP contribution < -0.4 is 9.67 Å². The Morgan fingerprint density at radius 3 is 2.39 bits per heavy atom. The van der Waals surface area contributed by atoms with Gasteiger partial charge in [-0.1, -0.05) is 26.7 Å². The summed E-state index contributed by atoms with van der Waals surface area (Å²) < 4.78 is 3.05. The highest BCUT2D eigenvalue weighted by molar-refractivity contribution is 6.40. The second-order valence-corrected chi connectivity index (χ2v) is 4.92. The van der Waals surface area contributed by atoms with Crippen LogP contribution in [0.5, 0.6) is 0 Å². The van der Waals surface area contributed by atoms with E-state index in [1.54, 1.807) is 0 Å². The molecule has 1 aromatic heterocycles. The van der Waals surface area contributed by atoms with Crippen LogP contribution in [0.3, 0.4) is 0 Å². The quantitative estimate of drug-likeness (QED) is 0.722. The molecule has 6 heteroatoms. The van der Waals surface area contributed by atoms with Crippen molar-refractivity contribution in [1.29, 1.82) is 0 Å². The van der Waals surface area contributed by atoms with Crippen LogP contribution >= 0.6 is 23.2 Å². The molecule has 0 saturated heterocycles. The molecule has 0 aliphatic heterocycles. The van der Waals surface area contributed by atoms with Gasteiger partial charge < -0.3 is 9.90 Å². The van der Waals surface area contributed by atoms with Crippen molar-refractivity contribution in [1.82, 2.24) is 4.57 Å². The predicted octanol–water partition coefficient (Wildman–Crippen LogP) is 2.05. The average molecular weight is 293 g/mol. The number of hydrogen-bond donors (Lipinski definition) is 0. The van der Waals surface area contributed by atoms with E-state index in [9.17, 15) is 9.90 Å². The molecule has 0 spiro atoms. The van der Waals surface area contributed by atoms with Crippen molar-refractivity contribution in [2.24, 2.45) is 0 Å². The third-order valence-corrected chi connectivity index (χ3v) is 3.67. The second kappa shape index (κ2) is 7.00. The van der Waals surface area contributed by atoms with E-state index >= 15 is 0 Å². The highest BCUT2D eigenvalue weighted by Gasteiger charge is 2.28. The number of rotatable bonds is 7. The van der Waals surface area contributed by atoms with Gasteiger partial charge in [-0.2, -0.15) is 0 Å². The van der Waals surface area contributed by atoms with Crippen molar-refractivity contribution in [3.63, 3.8) is 0 Å². The minimum absolute atomic E-state index is 0.0619. The van der Waals surface area contributed by atoms with E-state index in [0.717, 1.165) is 25.7 Å². The van der Waals surface area contributed by atoms with E-state index in [-0.39, 0.29) is 16.1 Å². The Labute approximate surface area is 117 Å². The zero-order valence-electron chi connectivity index (χ0n) is 10.7. The molecule has 0 atom stereocenters. The Morgan fingerprint density at radius 1 is 1.28 bits per heavy atom. The number of carboxylic acids is 1. The van der Waals surface area contributed by atoms with Crippen LogP contribution in [0.2, 0.25) is 10.3 Å². The molecule has 0 bridgehead atoms. The molecule has 0 radical (unpaired) electrons. The maximum absolute atomic E-state index is 11.3. The van der Waals surface area contributed by atoms with Gasteiger partial charge in [0.25, 0.3) is 10.3 Å². The van der Waals surface area contributed by atoms with E-state index in [2.05, 4.69) is 0 Å². The number of imidazole rings is 1. The van der Waals surface area contributed by atoms with Gasteiger partial charge >= 0.3 is 5.82 Å². The topological polar surface area (TPSA) is 48.9 Å². The number of unbranched alkanes of at least 4 members (excludes halogenated alkanes) is 2. The van der Waals surface area contributed by atoms with Gasteiger partial charge in [0.2, 0.25) is 0 Å². The second-order valence-electron chi connectivity index (χ2n) is 4.20. The summed E-state index contributed by atoms with van der Waals surface area (Å²) >= 11 is 12.2. The van der Waals surface area contributed by atoms with Gasteiger partial charge in [0, 0.05) is 0 Å². The Morgan fingerprint density at radius 2 is 1.89 bits per heavy atom. The predicted molar refractivity (Wildman–Crippen MR) is 68.8 cm³/mol. The molecule has 1 aromatic rings. The summed E-state index contributed by atoms with van der Waals surface area (Å²) in [4.78, 5) is 11.3. The number of nitrogens with zero attached hydrogens (tertiary/aromatic N) is 2. The van der Waals surface area contributed by atoms with Crippen LogP contribution in [0.25, 0.3) is 0 Å². The van der Waals surface area contributed by atoms with Crippen LogP contribution in [0, 0.1) is 0 Å².